The summed E-state index contributed by atoms with van der Waals surface area (Å²) in [6.45, 7) is 13.0. The summed E-state index contributed by atoms with van der Waals surface area (Å²) in [4.78, 5) is 13.1. The van der Waals surface area contributed by atoms with Gasteiger partial charge in [-0.1, -0.05) is 20.3 Å². The van der Waals surface area contributed by atoms with Crippen molar-refractivity contribution in [1.29, 1.82) is 0 Å². The molecule has 26 heavy (non-hydrogen) atoms. The van der Waals surface area contributed by atoms with Crippen LogP contribution < -0.4 is 10.1 Å². The van der Waals surface area contributed by atoms with Crippen LogP contribution in [0.15, 0.2) is 12.1 Å². The van der Waals surface area contributed by atoms with Gasteiger partial charge in [0.2, 0.25) is 0 Å². The molecule has 1 aromatic rings. The molecule has 1 aromatic carbocycles. The lowest BCUT2D eigenvalue weighted by Gasteiger charge is -2.38. The molecule has 3 atom stereocenters. The number of ether oxygens (including phenoxy) is 2. The largest absolute Gasteiger partial charge is 0.490 e. The van der Waals surface area contributed by atoms with Gasteiger partial charge < -0.3 is 14.8 Å². The Bertz CT molecular complexity index is 601. The summed E-state index contributed by atoms with van der Waals surface area (Å²) >= 11 is 0. The molecule has 4 heteroatoms. The molecule has 0 saturated heterocycles. The van der Waals surface area contributed by atoms with Crippen LogP contribution in [0.4, 0.5) is 5.69 Å². The van der Waals surface area contributed by atoms with Crippen LogP contribution in [0, 0.1) is 19.8 Å². The highest BCUT2D eigenvalue weighted by Gasteiger charge is 2.42. The number of amides is 1. The molecule has 0 radical (unpaired) electrons. The molecule has 1 fully saturated rings. The first-order valence-corrected chi connectivity index (χ1v) is 10.0. The summed E-state index contributed by atoms with van der Waals surface area (Å²) in [6.07, 6.45) is 4.94. The lowest BCUT2D eigenvalue weighted by molar-refractivity contribution is -0.147. The molecule has 0 heterocycles. The summed E-state index contributed by atoms with van der Waals surface area (Å²) in [7, 11) is 0. The molecule has 1 aliphatic carbocycles. The SMILES string of the molecule is CCO[C@]1(C(=O)Nc2cc(C)c(O[C@@H](C)CC)c(C)c2)CCC[C@H](C)C1. The van der Waals surface area contributed by atoms with Crippen LogP contribution >= 0.6 is 0 Å². The van der Waals surface area contributed by atoms with Crippen molar-refractivity contribution in [3.63, 3.8) is 0 Å². The van der Waals surface area contributed by atoms with Crippen molar-refractivity contribution in [3.05, 3.63) is 23.3 Å². The summed E-state index contributed by atoms with van der Waals surface area (Å²) in [5, 5.41) is 3.11. The van der Waals surface area contributed by atoms with Crippen molar-refractivity contribution in [2.75, 3.05) is 11.9 Å². The van der Waals surface area contributed by atoms with E-state index in [1.165, 1.54) is 6.42 Å². The monoisotopic (exact) mass is 361 g/mol. The van der Waals surface area contributed by atoms with Gasteiger partial charge in [0.05, 0.1) is 6.10 Å². The van der Waals surface area contributed by atoms with Crippen LogP contribution in [0.3, 0.4) is 0 Å². The Kier molecular flexibility index (Phi) is 7.10. The van der Waals surface area contributed by atoms with Crippen molar-refractivity contribution in [2.45, 2.75) is 85.4 Å². The number of carbonyl (C=O) groups excluding carboxylic acids is 1. The number of aryl methyl sites for hydroxylation is 2. The summed E-state index contributed by atoms with van der Waals surface area (Å²) in [6, 6.07) is 3.99. The normalized spacial score (nSPS) is 24.2. The van der Waals surface area contributed by atoms with E-state index in [0.29, 0.717) is 12.5 Å². The van der Waals surface area contributed by atoms with Gasteiger partial charge >= 0.3 is 0 Å². The molecule has 1 saturated carbocycles. The van der Waals surface area contributed by atoms with Crippen LogP contribution in [0.2, 0.25) is 0 Å². The van der Waals surface area contributed by atoms with E-state index in [1.807, 2.05) is 32.9 Å². The topological polar surface area (TPSA) is 47.6 Å². The van der Waals surface area contributed by atoms with Crippen LogP contribution in [-0.2, 0) is 9.53 Å². The minimum absolute atomic E-state index is 0.0136. The number of rotatable bonds is 7. The van der Waals surface area contributed by atoms with E-state index in [4.69, 9.17) is 9.47 Å². The Hall–Kier alpha value is -1.55. The Balaban J connectivity index is 2.19. The third kappa shape index (κ3) is 4.79. The van der Waals surface area contributed by atoms with Crippen LogP contribution in [0.5, 0.6) is 5.75 Å². The maximum Gasteiger partial charge on any atom is 0.256 e. The zero-order valence-corrected chi connectivity index (χ0v) is 17.3. The second kappa shape index (κ2) is 8.90. The predicted octanol–water partition coefficient (Wildman–Crippen LogP) is 5.40. The summed E-state index contributed by atoms with van der Waals surface area (Å²) < 4.78 is 12.0. The zero-order valence-electron chi connectivity index (χ0n) is 17.3. The van der Waals surface area contributed by atoms with E-state index in [1.54, 1.807) is 0 Å². The summed E-state index contributed by atoms with van der Waals surface area (Å²) in [5.74, 6) is 1.42. The molecule has 0 aromatic heterocycles. The fourth-order valence-electron chi connectivity index (χ4n) is 3.92. The van der Waals surface area contributed by atoms with Gasteiger partial charge in [0, 0.05) is 12.3 Å². The molecule has 0 bridgehead atoms. The number of hydrogen-bond acceptors (Lipinski definition) is 3. The van der Waals surface area contributed by atoms with Crippen molar-refractivity contribution in [3.8, 4) is 5.75 Å². The first-order chi connectivity index (χ1) is 12.3. The van der Waals surface area contributed by atoms with Crippen molar-refractivity contribution >= 4 is 11.6 Å². The number of benzene rings is 1. The number of carbonyl (C=O) groups is 1. The standard InChI is InChI=1S/C22H35NO3/c1-7-18(6)26-20-16(4)12-19(13-17(20)5)23-21(24)22(25-8-2)11-9-10-15(3)14-22/h12-13,15,18H,7-11,14H2,1-6H3,(H,23,24)/t15-,18-,22+/m0/s1. The van der Waals surface area contributed by atoms with Gasteiger partial charge in [-0.2, -0.15) is 0 Å². The van der Waals surface area contributed by atoms with Gasteiger partial charge in [-0.3, -0.25) is 4.79 Å². The third-order valence-corrected chi connectivity index (χ3v) is 5.40. The van der Waals surface area contributed by atoms with Crippen molar-refractivity contribution < 1.29 is 14.3 Å². The van der Waals surface area contributed by atoms with Crippen LogP contribution in [-0.4, -0.2) is 24.2 Å². The van der Waals surface area contributed by atoms with E-state index >= 15 is 0 Å². The lowest BCUT2D eigenvalue weighted by atomic mass is 9.78. The van der Waals surface area contributed by atoms with Crippen LogP contribution in [0.25, 0.3) is 0 Å². The molecule has 0 aliphatic heterocycles. The molecule has 0 unspecified atom stereocenters. The molecule has 1 aliphatic rings. The van der Waals surface area contributed by atoms with E-state index in [0.717, 1.165) is 48.2 Å². The maximum absolute atomic E-state index is 13.1. The fraction of sp³-hybridized carbons (Fsp3) is 0.682. The van der Waals surface area contributed by atoms with Gasteiger partial charge in [-0.25, -0.2) is 0 Å². The van der Waals surface area contributed by atoms with E-state index in [9.17, 15) is 4.79 Å². The minimum Gasteiger partial charge on any atom is -0.490 e. The molecular weight excluding hydrogens is 326 g/mol. The Labute approximate surface area is 158 Å². The lowest BCUT2D eigenvalue weighted by Crippen LogP contribution is -2.48. The Morgan fingerprint density at radius 3 is 2.50 bits per heavy atom. The zero-order chi connectivity index (χ0) is 19.3. The highest BCUT2D eigenvalue weighted by molar-refractivity contribution is 5.97. The minimum atomic E-state index is -0.694. The molecule has 1 amide bonds. The van der Waals surface area contributed by atoms with Crippen molar-refractivity contribution in [2.24, 2.45) is 5.92 Å². The molecular formula is C22H35NO3. The van der Waals surface area contributed by atoms with Gasteiger partial charge in [-0.05, 0) is 82.6 Å². The highest BCUT2D eigenvalue weighted by atomic mass is 16.5. The molecule has 4 nitrogen and oxygen atoms in total. The smallest absolute Gasteiger partial charge is 0.256 e. The second-order valence-corrected chi connectivity index (χ2v) is 7.86. The predicted molar refractivity (Wildman–Crippen MR) is 107 cm³/mol. The molecule has 146 valence electrons. The second-order valence-electron chi connectivity index (χ2n) is 7.86. The average Bonchev–Trinajstić information content (AvgIpc) is 2.58. The molecule has 2 rings (SSSR count). The first kappa shape index (κ1) is 20.8. The van der Waals surface area contributed by atoms with Gasteiger partial charge in [0.1, 0.15) is 11.4 Å². The van der Waals surface area contributed by atoms with E-state index in [2.05, 4.69) is 26.1 Å². The van der Waals surface area contributed by atoms with E-state index in [-0.39, 0.29) is 12.0 Å². The van der Waals surface area contributed by atoms with Crippen molar-refractivity contribution in [1.82, 2.24) is 0 Å². The average molecular weight is 362 g/mol. The highest BCUT2D eigenvalue weighted by Crippen LogP contribution is 2.37. The maximum atomic E-state index is 13.1. The molecule has 0 spiro atoms. The first-order valence-electron chi connectivity index (χ1n) is 10.0. The molecule has 1 N–H and O–H groups in total. The number of anilines is 1. The van der Waals surface area contributed by atoms with Gasteiger partial charge in [0.15, 0.2) is 0 Å². The number of nitrogens with one attached hydrogen (secondary N) is 1. The van der Waals surface area contributed by atoms with Gasteiger partial charge in [-0.15, -0.1) is 0 Å². The fourth-order valence-corrected chi connectivity index (χ4v) is 3.92. The Morgan fingerprint density at radius 1 is 1.31 bits per heavy atom. The Morgan fingerprint density at radius 2 is 1.96 bits per heavy atom. The third-order valence-electron chi connectivity index (χ3n) is 5.40. The number of hydrogen-bond donors (Lipinski definition) is 1. The van der Waals surface area contributed by atoms with E-state index < -0.39 is 5.60 Å². The van der Waals surface area contributed by atoms with Gasteiger partial charge in [0.25, 0.3) is 5.91 Å². The summed E-state index contributed by atoms with van der Waals surface area (Å²) in [5.41, 5.74) is 2.21. The van der Waals surface area contributed by atoms with Crippen LogP contribution in [0.1, 0.15) is 70.9 Å². The quantitative estimate of drug-likeness (QED) is 0.707.